The normalized spacial score (nSPS) is 29.1. The van der Waals surface area contributed by atoms with Gasteiger partial charge >= 0.3 is 5.97 Å². The first kappa shape index (κ1) is 13.2. The lowest BCUT2D eigenvalue weighted by atomic mass is 9.73. The van der Waals surface area contributed by atoms with E-state index < -0.39 is 11.5 Å². The molecule has 0 amide bonds. The van der Waals surface area contributed by atoms with Crippen molar-refractivity contribution in [2.45, 2.75) is 51.6 Å². The predicted octanol–water partition coefficient (Wildman–Crippen LogP) is 2.44. The Hall–Kier alpha value is -0.830. The molecule has 1 aliphatic rings. The maximum atomic E-state index is 11.6. The van der Waals surface area contributed by atoms with Crippen LogP contribution in [0.2, 0.25) is 0 Å². The Bertz CT molecular complexity index is 272. The standard InChI is InChI=1S/C13H22O3/c1-4-5-8-13(9-6-7-11(13)14)10(2)12(15)16-3/h11,14H,2,4-9H2,1,3H3. The highest BCUT2D eigenvalue weighted by atomic mass is 16.5. The first-order valence-corrected chi connectivity index (χ1v) is 6.04. The van der Waals surface area contributed by atoms with Gasteiger partial charge in [-0.25, -0.2) is 4.79 Å². The molecule has 1 fully saturated rings. The number of unbranched alkanes of at least 4 members (excludes halogenated alkanes) is 1. The van der Waals surface area contributed by atoms with Gasteiger partial charge in [-0.3, -0.25) is 0 Å². The second-order valence-electron chi connectivity index (χ2n) is 4.64. The van der Waals surface area contributed by atoms with Gasteiger partial charge in [0.05, 0.1) is 13.2 Å². The third-order valence-electron chi connectivity index (χ3n) is 3.75. The van der Waals surface area contributed by atoms with Crippen molar-refractivity contribution in [3.63, 3.8) is 0 Å². The van der Waals surface area contributed by atoms with E-state index >= 15 is 0 Å². The van der Waals surface area contributed by atoms with Crippen molar-refractivity contribution >= 4 is 5.97 Å². The molecule has 2 atom stereocenters. The SMILES string of the molecule is C=C(C(=O)OC)C1(CCCC)CCCC1O. The van der Waals surface area contributed by atoms with Crippen LogP contribution in [-0.2, 0) is 9.53 Å². The third kappa shape index (κ3) is 2.29. The molecule has 0 aromatic heterocycles. The average molecular weight is 226 g/mol. The highest BCUT2D eigenvalue weighted by Crippen LogP contribution is 2.47. The summed E-state index contributed by atoms with van der Waals surface area (Å²) >= 11 is 0. The van der Waals surface area contributed by atoms with Crippen LogP contribution in [0, 0.1) is 5.41 Å². The molecule has 16 heavy (non-hydrogen) atoms. The summed E-state index contributed by atoms with van der Waals surface area (Å²) in [5, 5.41) is 10.1. The van der Waals surface area contributed by atoms with E-state index in [4.69, 9.17) is 4.74 Å². The second-order valence-corrected chi connectivity index (χ2v) is 4.64. The van der Waals surface area contributed by atoms with E-state index in [1.54, 1.807) is 0 Å². The molecule has 0 bridgehead atoms. The van der Waals surface area contributed by atoms with Gasteiger partial charge < -0.3 is 9.84 Å². The van der Waals surface area contributed by atoms with Gasteiger partial charge in [-0.1, -0.05) is 26.3 Å². The van der Waals surface area contributed by atoms with E-state index in [0.717, 1.165) is 38.5 Å². The smallest absolute Gasteiger partial charge is 0.333 e. The Balaban J connectivity index is 2.86. The molecule has 92 valence electrons. The Morgan fingerprint density at radius 2 is 2.31 bits per heavy atom. The predicted molar refractivity (Wildman–Crippen MR) is 63.0 cm³/mol. The van der Waals surface area contributed by atoms with Crippen LogP contribution < -0.4 is 0 Å². The molecule has 0 heterocycles. The summed E-state index contributed by atoms with van der Waals surface area (Å²) in [5.41, 5.74) is 0.0248. The van der Waals surface area contributed by atoms with Crippen LogP contribution >= 0.6 is 0 Å². The minimum Gasteiger partial charge on any atom is -0.466 e. The van der Waals surface area contributed by atoms with E-state index in [1.165, 1.54) is 7.11 Å². The topological polar surface area (TPSA) is 46.5 Å². The van der Waals surface area contributed by atoms with E-state index in [-0.39, 0.29) is 5.97 Å². The fraction of sp³-hybridized carbons (Fsp3) is 0.769. The van der Waals surface area contributed by atoms with Crippen molar-refractivity contribution in [1.29, 1.82) is 0 Å². The van der Waals surface area contributed by atoms with Crippen LogP contribution in [0.15, 0.2) is 12.2 Å². The molecule has 2 unspecified atom stereocenters. The number of hydrogen-bond donors (Lipinski definition) is 1. The quantitative estimate of drug-likeness (QED) is 0.578. The molecule has 0 spiro atoms. The van der Waals surface area contributed by atoms with Crippen LogP contribution in [0.3, 0.4) is 0 Å². The first-order chi connectivity index (χ1) is 7.58. The molecule has 0 saturated heterocycles. The van der Waals surface area contributed by atoms with Gasteiger partial charge in [0.25, 0.3) is 0 Å². The van der Waals surface area contributed by atoms with Gasteiger partial charge in [0.2, 0.25) is 0 Å². The van der Waals surface area contributed by atoms with Crippen molar-refractivity contribution in [1.82, 2.24) is 0 Å². The summed E-state index contributed by atoms with van der Waals surface area (Å²) < 4.78 is 4.73. The maximum absolute atomic E-state index is 11.6. The zero-order valence-electron chi connectivity index (χ0n) is 10.3. The summed E-state index contributed by atoms with van der Waals surface area (Å²) in [7, 11) is 1.36. The molecule has 0 radical (unpaired) electrons. The molecule has 1 N–H and O–H groups in total. The van der Waals surface area contributed by atoms with Crippen molar-refractivity contribution in [2.24, 2.45) is 5.41 Å². The monoisotopic (exact) mass is 226 g/mol. The number of methoxy groups -OCH3 is 1. The molecular formula is C13H22O3. The van der Waals surface area contributed by atoms with Crippen LogP contribution in [0.5, 0.6) is 0 Å². The molecule has 3 nitrogen and oxygen atoms in total. The molecule has 0 aromatic carbocycles. The minimum absolute atomic E-state index is 0.378. The molecule has 0 aromatic rings. The lowest BCUT2D eigenvalue weighted by Crippen LogP contribution is -2.35. The Morgan fingerprint density at radius 3 is 2.75 bits per heavy atom. The summed E-state index contributed by atoms with van der Waals surface area (Å²) in [6.45, 7) is 5.96. The van der Waals surface area contributed by atoms with E-state index in [1.807, 2.05) is 0 Å². The molecular weight excluding hydrogens is 204 g/mol. The van der Waals surface area contributed by atoms with Crippen LogP contribution in [-0.4, -0.2) is 24.3 Å². The van der Waals surface area contributed by atoms with Crippen LogP contribution in [0.25, 0.3) is 0 Å². The number of carbonyl (C=O) groups excluding carboxylic acids is 1. The molecule has 1 saturated carbocycles. The fourth-order valence-electron chi connectivity index (χ4n) is 2.67. The number of aliphatic hydroxyl groups is 1. The second kappa shape index (κ2) is 5.48. The molecule has 1 aliphatic carbocycles. The Kier molecular flexibility index (Phi) is 4.54. The van der Waals surface area contributed by atoms with Gasteiger partial charge in [-0.05, 0) is 25.7 Å². The van der Waals surface area contributed by atoms with Gasteiger partial charge in [0, 0.05) is 11.0 Å². The number of aliphatic hydroxyl groups excluding tert-OH is 1. The van der Waals surface area contributed by atoms with Crippen molar-refractivity contribution in [3.05, 3.63) is 12.2 Å². The first-order valence-electron chi connectivity index (χ1n) is 6.04. The summed E-state index contributed by atoms with van der Waals surface area (Å²) in [4.78, 5) is 11.6. The highest BCUT2D eigenvalue weighted by molar-refractivity contribution is 5.89. The largest absolute Gasteiger partial charge is 0.466 e. The fourth-order valence-corrected chi connectivity index (χ4v) is 2.67. The molecule has 1 rings (SSSR count). The summed E-state index contributed by atoms with van der Waals surface area (Å²) in [6, 6.07) is 0. The Morgan fingerprint density at radius 1 is 1.62 bits per heavy atom. The lowest BCUT2D eigenvalue weighted by Gasteiger charge is -2.33. The third-order valence-corrected chi connectivity index (χ3v) is 3.75. The van der Waals surface area contributed by atoms with E-state index in [2.05, 4.69) is 13.5 Å². The van der Waals surface area contributed by atoms with Gasteiger partial charge in [-0.15, -0.1) is 0 Å². The zero-order valence-corrected chi connectivity index (χ0v) is 10.3. The van der Waals surface area contributed by atoms with Gasteiger partial charge in [0.1, 0.15) is 0 Å². The van der Waals surface area contributed by atoms with Crippen LogP contribution in [0.4, 0.5) is 0 Å². The number of carbonyl (C=O) groups is 1. The number of ether oxygens (including phenoxy) is 1. The molecule has 0 aliphatic heterocycles. The van der Waals surface area contributed by atoms with E-state index in [9.17, 15) is 9.90 Å². The highest BCUT2D eigenvalue weighted by Gasteiger charge is 2.46. The van der Waals surface area contributed by atoms with E-state index in [0.29, 0.717) is 5.57 Å². The molecule has 3 heteroatoms. The summed E-state index contributed by atoms with van der Waals surface area (Å²) in [5.74, 6) is -0.378. The van der Waals surface area contributed by atoms with Gasteiger partial charge in [0.15, 0.2) is 0 Å². The van der Waals surface area contributed by atoms with Crippen molar-refractivity contribution in [3.8, 4) is 0 Å². The maximum Gasteiger partial charge on any atom is 0.333 e. The minimum atomic E-state index is -0.439. The zero-order chi connectivity index (χ0) is 12.2. The van der Waals surface area contributed by atoms with Crippen LogP contribution in [0.1, 0.15) is 45.4 Å². The average Bonchev–Trinajstić information content (AvgIpc) is 2.67. The number of hydrogen-bond acceptors (Lipinski definition) is 3. The summed E-state index contributed by atoms with van der Waals surface area (Å²) in [6.07, 6.45) is 5.03. The number of esters is 1. The lowest BCUT2D eigenvalue weighted by molar-refractivity contribution is -0.138. The van der Waals surface area contributed by atoms with Gasteiger partial charge in [-0.2, -0.15) is 0 Å². The number of rotatable bonds is 5. The van der Waals surface area contributed by atoms with Crippen molar-refractivity contribution in [2.75, 3.05) is 7.11 Å². The van der Waals surface area contributed by atoms with Crippen molar-refractivity contribution < 1.29 is 14.6 Å². The Labute approximate surface area is 97.5 Å².